The Bertz CT molecular complexity index is 598. The second-order valence-corrected chi connectivity index (χ2v) is 6.24. The van der Waals surface area contributed by atoms with Crippen LogP contribution < -0.4 is 4.90 Å². The number of ether oxygens (including phenoxy) is 1. The molecule has 1 aromatic heterocycles. The Kier molecular flexibility index (Phi) is 5.00. The number of hydrogen-bond acceptors (Lipinski definition) is 4. The predicted octanol–water partition coefficient (Wildman–Crippen LogP) is 3.56. The fourth-order valence-electron chi connectivity index (χ4n) is 2.49. The largest absolute Gasteiger partial charge is 0.373 e. The first kappa shape index (κ1) is 15.4. The van der Waals surface area contributed by atoms with Crippen molar-refractivity contribution >= 4 is 21.9 Å². The Morgan fingerprint density at radius 1 is 1.14 bits per heavy atom. The van der Waals surface area contributed by atoms with Gasteiger partial charge < -0.3 is 9.64 Å². The number of rotatable bonds is 4. The Hall–Kier alpha value is -1.53. The van der Waals surface area contributed by atoms with E-state index in [9.17, 15) is 4.39 Å². The van der Waals surface area contributed by atoms with Gasteiger partial charge in [0, 0.05) is 25.5 Å². The molecular weight excluding hydrogens is 349 g/mol. The maximum atomic E-state index is 12.8. The zero-order chi connectivity index (χ0) is 15.4. The monoisotopic (exact) mass is 365 g/mol. The van der Waals surface area contributed by atoms with Gasteiger partial charge >= 0.3 is 0 Å². The number of piperidine rings is 1. The molecule has 1 saturated heterocycles. The molecule has 6 heteroatoms. The van der Waals surface area contributed by atoms with Crippen LogP contribution in [0, 0.1) is 5.82 Å². The predicted molar refractivity (Wildman–Crippen MR) is 86.2 cm³/mol. The van der Waals surface area contributed by atoms with Crippen LogP contribution in [0.15, 0.2) is 41.1 Å². The van der Waals surface area contributed by atoms with Gasteiger partial charge in [0.05, 0.1) is 17.2 Å². The van der Waals surface area contributed by atoms with E-state index in [1.54, 1.807) is 24.5 Å². The van der Waals surface area contributed by atoms with Gasteiger partial charge in [0.25, 0.3) is 0 Å². The highest BCUT2D eigenvalue weighted by molar-refractivity contribution is 9.10. The van der Waals surface area contributed by atoms with Gasteiger partial charge in [0.2, 0.25) is 5.95 Å². The Morgan fingerprint density at radius 2 is 1.77 bits per heavy atom. The molecule has 4 nitrogen and oxygen atoms in total. The normalized spacial score (nSPS) is 16.0. The smallest absolute Gasteiger partial charge is 0.225 e. The van der Waals surface area contributed by atoms with Gasteiger partial charge in [-0.3, -0.25) is 0 Å². The first-order valence-electron chi connectivity index (χ1n) is 7.29. The van der Waals surface area contributed by atoms with Gasteiger partial charge in [0.1, 0.15) is 5.82 Å². The third kappa shape index (κ3) is 4.01. The van der Waals surface area contributed by atoms with Gasteiger partial charge in [-0.1, -0.05) is 12.1 Å². The number of benzene rings is 1. The van der Waals surface area contributed by atoms with Crippen molar-refractivity contribution in [2.24, 2.45) is 0 Å². The summed E-state index contributed by atoms with van der Waals surface area (Å²) in [5.41, 5.74) is 1.00. The van der Waals surface area contributed by atoms with E-state index in [1.807, 2.05) is 0 Å². The molecule has 0 saturated carbocycles. The maximum absolute atomic E-state index is 12.8. The van der Waals surface area contributed by atoms with Crippen molar-refractivity contribution in [2.75, 3.05) is 18.0 Å². The molecule has 2 aromatic rings. The average molecular weight is 366 g/mol. The Morgan fingerprint density at radius 3 is 2.41 bits per heavy atom. The van der Waals surface area contributed by atoms with Crippen LogP contribution in [0.3, 0.4) is 0 Å². The molecule has 1 fully saturated rings. The quantitative estimate of drug-likeness (QED) is 0.830. The van der Waals surface area contributed by atoms with E-state index in [0.717, 1.165) is 41.9 Å². The summed E-state index contributed by atoms with van der Waals surface area (Å²) in [7, 11) is 0. The van der Waals surface area contributed by atoms with Crippen LogP contribution in [0.4, 0.5) is 10.3 Å². The summed E-state index contributed by atoms with van der Waals surface area (Å²) in [4.78, 5) is 10.8. The molecular formula is C16H17BrFN3O. The second kappa shape index (κ2) is 7.15. The summed E-state index contributed by atoms with van der Waals surface area (Å²) in [6.45, 7) is 2.30. The highest BCUT2D eigenvalue weighted by Crippen LogP contribution is 2.20. The zero-order valence-corrected chi connectivity index (χ0v) is 13.7. The number of nitrogens with zero attached hydrogens (tertiary/aromatic N) is 3. The van der Waals surface area contributed by atoms with Crippen LogP contribution >= 0.6 is 15.9 Å². The van der Waals surface area contributed by atoms with E-state index in [1.165, 1.54) is 12.1 Å². The Labute approximate surface area is 137 Å². The molecule has 1 aromatic carbocycles. The summed E-state index contributed by atoms with van der Waals surface area (Å²) < 4.78 is 19.6. The molecule has 22 heavy (non-hydrogen) atoms. The van der Waals surface area contributed by atoms with Crippen LogP contribution in [-0.4, -0.2) is 29.2 Å². The van der Waals surface area contributed by atoms with Crippen molar-refractivity contribution in [3.05, 3.63) is 52.5 Å². The molecule has 0 amide bonds. The molecule has 3 rings (SSSR count). The van der Waals surface area contributed by atoms with Crippen LogP contribution in [-0.2, 0) is 11.3 Å². The minimum absolute atomic E-state index is 0.216. The standard InChI is InChI=1S/C16H17BrFN3O/c17-13-9-19-16(20-10-13)21-7-5-15(6-8-21)22-11-12-1-3-14(18)4-2-12/h1-4,9-10,15H,5-8,11H2. The van der Waals surface area contributed by atoms with E-state index in [0.29, 0.717) is 6.61 Å². The van der Waals surface area contributed by atoms with Gasteiger partial charge in [-0.25, -0.2) is 14.4 Å². The van der Waals surface area contributed by atoms with Crippen LogP contribution in [0.1, 0.15) is 18.4 Å². The van der Waals surface area contributed by atoms with Crippen molar-refractivity contribution in [3.63, 3.8) is 0 Å². The number of anilines is 1. The molecule has 0 unspecified atom stereocenters. The molecule has 2 heterocycles. The molecule has 0 atom stereocenters. The van der Waals surface area contributed by atoms with Crippen molar-refractivity contribution in [1.82, 2.24) is 9.97 Å². The number of aromatic nitrogens is 2. The molecule has 1 aliphatic heterocycles. The molecule has 0 spiro atoms. The highest BCUT2D eigenvalue weighted by Gasteiger charge is 2.21. The lowest BCUT2D eigenvalue weighted by Crippen LogP contribution is -2.37. The topological polar surface area (TPSA) is 38.2 Å². The summed E-state index contributed by atoms with van der Waals surface area (Å²) >= 11 is 3.34. The van der Waals surface area contributed by atoms with Crippen molar-refractivity contribution < 1.29 is 9.13 Å². The van der Waals surface area contributed by atoms with E-state index in [4.69, 9.17) is 4.74 Å². The van der Waals surface area contributed by atoms with Gasteiger partial charge in [0.15, 0.2) is 0 Å². The third-order valence-corrected chi connectivity index (χ3v) is 4.14. The number of hydrogen-bond donors (Lipinski definition) is 0. The minimum Gasteiger partial charge on any atom is -0.373 e. The first-order valence-corrected chi connectivity index (χ1v) is 8.08. The summed E-state index contributed by atoms with van der Waals surface area (Å²) in [6, 6.07) is 6.46. The van der Waals surface area contributed by atoms with Gasteiger partial charge in [-0.05, 0) is 46.5 Å². The average Bonchev–Trinajstić information content (AvgIpc) is 2.56. The SMILES string of the molecule is Fc1ccc(COC2CCN(c3ncc(Br)cn3)CC2)cc1. The maximum Gasteiger partial charge on any atom is 0.225 e. The lowest BCUT2D eigenvalue weighted by atomic mass is 10.1. The molecule has 0 radical (unpaired) electrons. The fourth-order valence-corrected chi connectivity index (χ4v) is 2.69. The van der Waals surface area contributed by atoms with Crippen LogP contribution in [0.5, 0.6) is 0 Å². The second-order valence-electron chi connectivity index (χ2n) is 5.33. The molecule has 116 valence electrons. The van der Waals surface area contributed by atoms with Gasteiger partial charge in [-0.2, -0.15) is 0 Å². The van der Waals surface area contributed by atoms with Gasteiger partial charge in [-0.15, -0.1) is 0 Å². The van der Waals surface area contributed by atoms with Crippen molar-refractivity contribution in [2.45, 2.75) is 25.6 Å². The fraction of sp³-hybridized carbons (Fsp3) is 0.375. The summed E-state index contributed by atoms with van der Waals surface area (Å²) in [5.74, 6) is 0.548. The van der Waals surface area contributed by atoms with E-state index < -0.39 is 0 Å². The van der Waals surface area contributed by atoms with Crippen LogP contribution in [0.2, 0.25) is 0 Å². The van der Waals surface area contributed by atoms with Crippen LogP contribution in [0.25, 0.3) is 0 Å². The summed E-state index contributed by atoms with van der Waals surface area (Å²) in [6.07, 6.45) is 5.65. The lowest BCUT2D eigenvalue weighted by molar-refractivity contribution is 0.0249. The molecule has 0 bridgehead atoms. The minimum atomic E-state index is -0.216. The Balaban J connectivity index is 1.47. The summed E-state index contributed by atoms with van der Waals surface area (Å²) in [5, 5.41) is 0. The molecule has 1 aliphatic rings. The van der Waals surface area contributed by atoms with E-state index in [-0.39, 0.29) is 11.9 Å². The zero-order valence-electron chi connectivity index (χ0n) is 12.1. The molecule has 0 aliphatic carbocycles. The highest BCUT2D eigenvalue weighted by atomic mass is 79.9. The lowest BCUT2D eigenvalue weighted by Gasteiger charge is -2.31. The molecule has 0 N–H and O–H groups in total. The number of halogens is 2. The van der Waals surface area contributed by atoms with Crippen molar-refractivity contribution in [3.8, 4) is 0 Å². The van der Waals surface area contributed by atoms with Crippen molar-refractivity contribution in [1.29, 1.82) is 0 Å². The van der Waals surface area contributed by atoms with E-state index in [2.05, 4.69) is 30.8 Å². The third-order valence-electron chi connectivity index (χ3n) is 3.73. The van der Waals surface area contributed by atoms with E-state index >= 15 is 0 Å². The first-order chi connectivity index (χ1) is 10.7.